The normalized spacial score (nSPS) is 22.9. The van der Waals surface area contributed by atoms with E-state index >= 15 is 0 Å². The Balaban J connectivity index is 1.51. The number of likely N-dealkylation sites (tertiary alicyclic amines) is 1. The highest BCUT2D eigenvalue weighted by Gasteiger charge is 2.55. The number of aromatic carboxylic acids is 1. The number of carboxylic acid groups (broad SMARTS) is 1. The summed E-state index contributed by atoms with van der Waals surface area (Å²) < 4.78 is 38.8. The van der Waals surface area contributed by atoms with E-state index in [0.717, 1.165) is 42.5 Å². The van der Waals surface area contributed by atoms with Gasteiger partial charge in [-0.2, -0.15) is 13.2 Å². The van der Waals surface area contributed by atoms with Gasteiger partial charge in [-0.05, 0) is 80.3 Å². The summed E-state index contributed by atoms with van der Waals surface area (Å²) in [6.45, 7) is 4.87. The maximum atomic E-state index is 13.6. The first-order valence-corrected chi connectivity index (χ1v) is 11.5. The molecule has 0 aromatic heterocycles. The Hall–Kier alpha value is -2.87. The van der Waals surface area contributed by atoms with Crippen molar-refractivity contribution in [3.63, 3.8) is 0 Å². The van der Waals surface area contributed by atoms with Crippen LogP contribution in [0.25, 0.3) is 0 Å². The van der Waals surface area contributed by atoms with E-state index in [-0.39, 0.29) is 22.9 Å². The van der Waals surface area contributed by atoms with Gasteiger partial charge in [-0.15, -0.1) is 0 Å². The maximum Gasteiger partial charge on any atom is 0.416 e. The van der Waals surface area contributed by atoms with Gasteiger partial charge in [0, 0.05) is 13.1 Å². The van der Waals surface area contributed by atoms with Gasteiger partial charge in [0.25, 0.3) is 0 Å². The zero-order chi connectivity index (χ0) is 24.7. The third-order valence-corrected chi connectivity index (χ3v) is 7.44. The van der Waals surface area contributed by atoms with Gasteiger partial charge in [0.1, 0.15) is 0 Å². The molecule has 1 saturated carbocycles. The molecular weight excluding hydrogens is 445 g/mol. The number of hydrogen-bond donors (Lipinski definition) is 2. The molecule has 1 saturated heterocycles. The molecule has 5 nitrogen and oxygen atoms in total. The van der Waals surface area contributed by atoms with Crippen LogP contribution in [0.1, 0.15) is 72.6 Å². The lowest BCUT2D eigenvalue weighted by Gasteiger charge is -2.47. The Labute approximate surface area is 197 Å². The van der Waals surface area contributed by atoms with Crippen molar-refractivity contribution >= 4 is 11.9 Å². The molecule has 2 aromatic carbocycles. The van der Waals surface area contributed by atoms with Crippen LogP contribution in [0.2, 0.25) is 0 Å². The van der Waals surface area contributed by atoms with E-state index in [1.54, 1.807) is 12.1 Å². The molecule has 182 valence electrons. The number of halogens is 3. The molecule has 34 heavy (non-hydrogen) atoms. The molecule has 2 fully saturated rings. The summed E-state index contributed by atoms with van der Waals surface area (Å²) in [5.41, 5.74) is 0.404. The fourth-order valence-electron chi connectivity index (χ4n) is 5.00. The molecule has 1 spiro atoms. The average molecular weight is 475 g/mol. The van der Waals surface area contributed by atoms with Crippen molar-refractivity contribution in [2.24, 2.45) is 5.41 Å². The van der Waals surface area contributed by atoms with Crippen LogP contribution in [0.5, 0.6) is 0 Å². The highest BCUT2D eigenvalue weighted by atomic mass is 19.4. The van der Waals surface area contributed by atoms with E-state index in [1.807, 2.05) is 13.8 Å². The predicted octanol–water partition coefficient (Wildman–Crippen LogP) is 5.42. The first-order valence-electron chi connectivity index (χ1n) is 11.5. The monoisotopic (exact) mass is 474 g/mol. The summed E-state index contributed by atoms with van der Waals surface area (Å²) >= 11 is 0. The lowest BCUT2D eigenvalue weighted by atomic mass is 9.78. The summed E-state index contributed by atoms with van der Waals surface area (Å²) in [7, 11) is 0. The molecule has 0 radical (unpaired) electrons. The standard InChI is InChI=1S/C26H29F3N2O3/c1-17(19-5-7-20(8-6-19)22(32)33)30-23(34)24(2)16-25(11-12-25)13-14-31(24)15-18-3-9-21(10-4-18)26(27,28)29/h3-10,17H,11-16H2,1-2H3,(H,30,34)(H,32,33)/t17-,24?/m0/s1. The number of rotatable bonds is 6. The maximum absolute atomic E-state index is 13.6. The summed E-state index contributed by atoms with van der Waals surface area (Å²) in [6, 6.07) is 11.2. The van der Waals surface area contributed by atoms with Crippen LogP contribution in [-0.2, 0) is 17.5 Å². The second kappa shape index (κ2) is 8.73. The number of nitrogens with zero attached hydrogens (tertiary/aromatic N) is 1. The average Bonchev–Trinajstić information content (AvgIpc) is 3.54. The Kier molecular flexibility index (Phi) is 6.23. The molecule has 2 N–H and O–H groups in total. The van der Waals surface area contributed by atoms with E-state index in [0.29, 0.717) is 19.5 Å². The smallest absolute Gasteiger partial charge is 0.416 e. The molecule has 2 atom stereocenters. The molecule has 1 aliphatic carbocycles. The summed E-state index contributed by atoms with van der Waals surface area (Å²) in [6.07, 6.45) is -0.512. The van der Waals surface area contributed by atoms with Crippen LogP contribution < -0.4 is 5.32 Å². The fourth-order valence-corrected chi connectivity index (χ4v) is 5.00. The number of alkyl halides is 3. The van der Waals surface area contributed by atoms with Crippen molar-refractivity contribution in [3.8, 4) is 0 Å². The molecule has 1 amide bonds. The Morgan fingerprint density at radius 3 is 2.21 bits per heavy atom. The Bertz CT molecular complexity index is 1060. The van der Waals surface area contributed by atoms with Crippen molar-refractivity contribution in [2.45, 2.75) is 63.8 Å². The predicted molar refractivity (Wildman–Crippen MR) is 121 cm³/mol. The minimum atomic E-state index is -4.38. The second-order valence-electron chi connectivity index (χ2n) is 9.94. The van der Waals surface area contributed by atoms with Gasteiger partial charge in [-0.25, -0.2) is 4.79 Å². The summed E-state index contributed by atoms with van der Waals surface area (Å²) in [5, 5.41) is 12.2. The molecule has 2 aliphatic rings. The van der Waals surface area contributed by atoms with Crippen LogP contribution in [0.3, 0.4) is 0 Å². The van der Waals surface area contributed by atoms with E-state index in [2.05, 4.69) is 10.2 Å². The molecule has 1 heterocycles. The number of amides is 1. The van der Waals surface area contributed by atoms with Crippen LogP contribution in [0.15, 0.2) is 48.5 Å². The number of benzene rings is 2. The quantitative estimate of drug-likeness (QED) is 0.587. The van der Waals surface area contributed by atoms with E-state index in [4.69, 9.17) is 5.11 Å². The number of hydrogen-bond acceptors (Lipinski definition) is 3. The van der Waals surface area contributed by atoms with Gasteiger partial charge in [-0.1, -0.05) is 24.3 Å². The Morgan fingerprint density at radius 2 is 1.68 bits per heavy atom. The van der Waals surface area contributed by atoms with Crippen LogP contribution in [-0.4, -0.2) is 34.0 Å². The lowest BCUT2D eigenvalue weighted by molar-refractivity contribution is -0.138. The SMILES string of the molecule is C[C@H](NC(=O)C1(C)CC2(CCN1Cc1ccc(C(F)(F)F)cc1)CC2)c1ccc(C(=O)O)cc1. The minimum absolute atomic E-state index is 0.125. The van der Waals surface area contributed by atoms with Gasteiger partial charge < -0.3 is 10.4 Å². The third-order valence-electron chi connectivity index (χ3n) is 7.44. The lowest BCUT2D eigenvalue weighted by Crippen LogP contribution is -2.60. The van der Waals surface area contributed by atoms with Crippen molar-refractivity contribution in [1.82, 2.24) is 10.2 Å². The van der Waals surface area contributed by atoms with E-state index in [1.165, 1.54) is 24.3 Å². The van der Waals surface area contributed by atoms with Gasteiger partial charge >= 0.3 is 12.1 Å². The van der Waals surface area contributed by atoms with Gasteiger partial charge in [0.2, 0.25) is 5.91 Å². The fraction of sp³-hybridized carbons (Fsp3) is 0.462. The summed E-state index contributed by atoms with van der Waals surface area (Å²) in [5.74, 6) is -1.13. The number of nitrogens with one attached hydrogen (secondary N) is 1. The number of carbonyl (C=O) groups excluding carboxylic acids is 1. The molecule has 1 unspecified atom stereocenters. The molecule has 1 aliphatic heterocycles. The van der Waals surface area contributed by atoms with Crippen molar-refractivity contribution in [1.29, 1.82) is 0 Å². The van der Waals surface area contributed by atoms with Crippen molar-refractivity contribution < 1.29 is 27.9 Å². The summed E-state index contributed by atoms with van der Waals surface area (Å²) in [4.78, 5) is 26.8. The minimum Gasteiger partial charge on any atom is -0.478 e. The molecule has 4 rings (SSSR count). The molecule has 0 bridgehead atoms. The van der Waals surface area contributed by atoms with Gasteiger partial charge in [-0.3, -0.25) is 9.69 Å². The number of piperidine rings is 1. The van der Waals surface area contributed by atoms with Crippen LogP contribution in [0, 0.1) is 5.41 Å². The highest BCUT2D eigenvalue weighted by Crippen LogP contribution is 2.58. The number of carboxylic acids is 1. The number of carbonyl (C=O) groups is 2. The first-order chi connectivity index (χ1) is 15.9. The molecule has 2 aromatic rings. The van der Waals surface area contributed by atoms with Gasteiger partial charge in [0.15, 0.2) is 0 Å². The van der Waals surface area contributed by atoms with Crippen LogP contribution in [0.4, 0.5) is 13.2 Å². The zero-order valence-corrected chi connectivity index (χ0v) is 19.3. The second-order valence-corrected chi connectivity index (χ2v) is 9.94. The Morgan fingerprint density at radius 1 is 1.06 bits per heavy atom. The zero-order valence-electron chi connectivity index (χ0n) is 19.3. The van der Waals surface area contributed by atoms with Crippen LogP contribution >= 0.6 is 0 Å². The van der Waals surface area contributed by atoms with Crippen molar-refractivity contribution in [2.75, 3.05) is 6.54 Å². The van der Waals surface area contributed by atoms with Gasteiger partial charge in [0.05, 0.1) is 22.7 Å². The topological polar surface area (TPSA) is 69.6 Å². The van der Waals surface area contributed by atoms with Crippen molar-refractivity contribution in [3.05, 3.63) is 70.8 Å². The van der Waals surface area contributed by atoms with E-state index < -0.39 is 23.2 Å². The highest BCUT2D eigenvalue weighted by molar-refractivity contribution is 5.88. The first kappa shape index (κ1) is 24.3. The molecule has 8 heteroatoms. The third kappa shape index (κ3) is 4.97. The molecular formula is C26H29F3N2O3. The largest absolute Gasteiger partial charge is 0.478 e. The van der Waals surface area contributed by atoms with E-state index in [9.17, 15) is 22.8 Å².